The van der Waals surface area contributed by atoms with Crippen molar-refractivity contribution in [1.82, 2.24) is 0 Å². The van der Waals surface area contributed by atoms with Crippen LogP contribution in [0.4, 0.5) is 26.3 Å². The van der Waals surface area contributed by atoms with E-state index in [-0.39, 0.29) is 0 Å². The van der Waals surface area contributed by atoms with Gasteiger partial charge in [-0.25, -0.2) is 13.2 Å². The second kappa shape index (κ2) is 3.59. The number of hydrogen-bond donors (Lipinski definition) is 0. The van der Waals surface area contributed by atoms with Gasteiger partial charge in [0.15, 0.2) is 17.5 Å². The molecule has 7 heteroatoms. The summed E-state index contributed by atoms with van der Waals surface area (Å²) >= 11 is 5.08. The van der Waals surface area contributed by atoms with Crippen LogP contribution in [0.3, 0.4) is 0 Å². The quantitative estimate of drug-likeness (QED) is 0.479. The van der Waals surface area contributed by atoms with Crippen molar-refractivity contribution in [3.05, 3.63) is 33.6 Å². The predicted octanol–water partition coefficient (Wildman–Crippen LogP) is 4.08. The third kappa shape index (κ3) is 1.90. The van der Waals surface area contributed by atoms with E-state index in [1.807, 2.05) is 0 Å². The summed E-state index contributed by atoms with van der Waals surface area (Å²) in [6.07, 6.45) is -5.33. The van der Waals surface area contributed by atoms with Gasteiger partial charge in [-0.15, -0.1) is 0 Å². The van der Waals surface area contributed by atoms with Crippen molar-refractivity contribution < 1.29 is 26.3 Å². The zero-order valence-corrected chi connectivity index (χ0v) is 7.90. The summed E-state index contributed by atoms with van der Waals surface area (Å²) in [5.41, 5.74) is -3.00. The second-order valence-corrected chi connectivity index (χ2v) is 3.13. The van der Waals surface area contributed by atoms with Crippen molar-refractivity contribution >= 4 is 11.6 Å². The van der Waals surface area contributed by atoms with Crippen LogP contribution in [0.15, 0.2) is 0 Å². The Bertz CT molecular complexity index is 380. The van der Waals surface area contributed by atoms with Crippen LogP contribution < -0.4 is 0 Å². The molecule has 1 rings (SSSR count). The third-order valence-electron chi connectivity index (χ3n) is 1.77. The minimum Gasteiger partial charge on any atom is -0.205 e. The maximum absolute atomic E-state index is 12.9. The van der Waals surface area contributed by atoms with Gasteiger partial charge in [0.1, 0.15) is 5.56 Å². The molecule has 0 radical (unpaired) electrons. The average molecular weight is 249 g/mol. The molecule has 1 aromatic rings. The summed E-state index contributed by atoms with van der Waals surface area (Å²) in [7, 11) is 0. The van der Waals surface area contributed by atoms with E-state index < -0.39 is 39.8 Å². The lowest BCUT2D eigenvalue weighted by Gasteiger charge is -2.12. The highest BCUT2D eigenvalue weighted by atomic mass is 35.5. The number of rotatable bonds is 0. The molecule has 1 aromatic carbocycles. The van der Waals surface area contributed by atoms with Crippen molar-refractivity contribution in [2.45, 2.75) is 13.1 Å². The molecule has 0 saturated carbocycles. The highest BCUT2D eigenvalue weighted by Gasteiger charge is 2.41. The monoisotopic (exact) mass is 248 g/mol. The lowest BCUT2D eigenvalue weighted by atomic mass is 10.1. The molecule has 0 heterocycles. The number of alkyl halides is 3. The SMILES string of the molecule is Cc1c(F)c(F)c(C(F)(F)F)c(F)c1Cl. The predicted molar refractivity (Wildman–Crippen MR) is 41.1 cm³/mol. The smallest absolute Gasteiger partial charge is 0.205 e. The maximum atomic E-state index is 12.9. The summed E-state index contributed by atoms with van der Waals surface area (Å²) in [5, 5.41) is -1.07. The first-order valence-electron chi connectivity index (χ1n) is 3.57. The minimum absolute atomic E-state index is 0.695. The van der Waals surface area contributed by atoms with Crippen molar-refractivity contribution in [3.63, 3.8) is 0 Å². The van der Waals surface area contributed by atoms with Crippen molar-refractivity contribution in [2.75, 3.05) is 0 Å². The fourth-order valence-corrected chi connectivity index (χ4v) is 1.17. The minimum atomic E-state index is -5.33. The van der Waals surface area contributed by atoms with Crippen molar-refractivity contribution in [1.29, 1.82) is 0 Å². The van der Waals surface area contributed by atoms with E-state index in [0.29, 0.717) is 0 Å². The van der Waals surface area contributed by atoms with Gasteiger partial charge in [-0.3, -0.25) is 0 Å². The van der Waals surface area contributed by atoms with Crippen LogP contribution in [-0.4, -0.2) is 0 Å². The third-order valence-corrected chi connectivity index (χ3v) is 2.22. The number of benzene rings is 1. The molecule has 0 bridgehead atoms. The summed E-state index contributed by atoms with van der Waals surface area (Å²) < 4.78 is 74.9. The van der Waals surface area contributed by atoms with Crippen LogP contribution in [0.1, 0.15) is 11.1 Å². The van der Waals surface area contributed by atoms with E-state index in [2.05, 4.69) is 0 Å². The molecule has 15 heavy (non-hydrogen) atoms. The highest BCUT2D eigenvalue weighted by molar-refractivity contribution is 6.31. The van der Waals surface area contributed by atoms with Crippen LogP contribution >= 0.6 is 11.6 Å². The molecule has 0 spiro atoms. The lowest BCUT2D eigenvalue weighted by Crippen LogP contribution is -2.14. The summed E-state index contributed by atoms with van der Waals surface area (Å²) in [6, 6.07) is 0. The first kappa shape index (κ1) is 12.2. The molecular formula is C8H3ClF6. The molecule has 0 aliphatic carbocycles. The van der Waals surface area contributed by atoms with Crippen molar-refractivity contribution in [3.8, 4) is 0 Å². The zero-order valence-electron chi connectivity index (χ0n) is 7.15. The lowest BCUT2D eigenvalue weighted by molar-refractivity contribution is -0.142. The molecule has 84 valence electrons. The Morgan fingerprint density at radius 1 is 0.933 bits per heavy atom. The standard InChI is InChI=1S/C8H3ClF6/c1-2-4(9)6(11)3(8(13,14)15)7(12)5(2)10/h1H3. The zero-order chi connectivity index (χ0) is 12.0. The van der Waals surface area contributed by atoms with Gasteiger partial charge in [0.05, 0.1) is 5.02 Å². The summed E-state index contributed by atoms with van der Waals surface area (Å²) in [6.45, 7) is 0.879. The molecule has 0 aromatic heterocycles. The van der Waals surface area contributed by atoms with E-state index in [0.717, 1.165) is 6.92 Å². The largest absolute Gasteiger partial charge is 0.422 e. The topological polar surface area (TPSA) is 0 Å². The van der Waals surface area contributed by atoms with E-state index in [1.54, 1.807) is 0 Å². The molecule has 0 aliphatic rings. The molecule has 0 unspecified atom stereocenters. The van der Waals surface area contributed by atoms with E-state index in [1.165, 1.54) is 0 Å². The van der Waals surface area contributed by atoms with Gasteiger partial charge in [-0.2, -0.15) is 13.2 Å². The van der Waals surface area contributed by atoms with Gasteiger partial charge in [-0.1, -0.05) is 11.6 Å². The van der Waals surface area contributed by atoms with Gasteiger partial charge in [-0.05, 0) is 6.92 Å². The molecular weight excluding hydrogens is 246 g/mol. The van der Waals surface area contributed by atoms with Gasteiger partial charge in [0.25, 0.3) is 0 Å². The van der Waals surface area contributed by atoms with Crippen LogP contribution in [0.2, 0.25) is 5.02 Å². The Morgan fingerprint density at radius 3 is 1.80 bits per heavy atom. The molecule has 0 amide bonds. The second-order valence-electron chi connectivity index (χ2n) is 2.75. The van der Waals surface area contributed by atoms with Gasteiger partial charge >= 0.3 is 6.18 Å². The van der Waals surface area contributed by atoms with Gasteiger partial charge in [0, 0.05) is 5.56 Å². The molecule has 0 N–H and O–H groups in total. The maximum Gasteiger partial charge on any atom is 0.422 e. The highest BCUT2D eigenvalue weighted by Crippen LogP contribution is 2.38. The van der Waals surface area contributed by atoms with Crippen LogP contribution in [0, 0.1) is 24.4 Å². The van der Waals surface area contributed by atoms with Gasteiger partial charge < -0.3 is 0 Å². The average Bonchev–Trinajstić information content (AvgIpc) is 2.09. The molecule has 0 saturated heterocycles. The molecule has 0 nitrogen and oxygen atoms in total. The summed E-state index contributed by atoms with van der Waals surface area (Å²) in [4.78, 5) is 0. The van der Waals surface area contributed by atoms with Crippen LogP contribution in [0.5, 0.6) is 0 Å². The first-order valence-corrected chi connectivity index (χ1v) is 3.95. The van der Waals surface area contributed by atoms with E-state index >= 15 is 0 Å². The Morgan fingerprint density at radius 2 is 1.40 bits per heavy atom. The Hall–Kier alpha value is -0.910. The van der Waals surface area contributed by atoms with E-state index in [9.17, 15) is 26.3 Å². The normalized spacial score (nSPS) is 12.0. The molecule has 0 fully saturated rings. The number of hydrogen-bond acceptors (Lipinski definition) is 0. The summed E-state index contributed by atoms with van der Waals surface area (Å²) in [5.74, 6) is -6.07. The Kier molecular flexibility index (Phi) is 2.91. The first-order chi connectivity index (χ1) is 6.68. The Balaban J connectivity index is 3.68. The van der Waals surface area contributed by atoms with E-state index in [4.69, 9.17) is 11.6 Å². The van der Waals surface area contributed by atoms with Gasteiger partial charge in [0.2, 0.25) is 0 Å². The molecule has 0 atom stereocenters. The molecule has 0 aliphatic heterocycles. The Labute approximate surface area is 85.5 Å². The van der Waals surface area contributed by atoms with Crippen LogP contribution in [0.25, 0.3) is 0 Å². The fourth-order valence-electron chi connectivity index (χ4n) is 0.990. The van der Waals surface area contributed by atoms with Crippen LogP contribution in [-0.2, 0) is 6.18 Å². The fraction of sp³-hybridized carbons (Fsp3) is 0.250. The van der Waals surface area contributed by atoms with Crippen molar-refractivity contribution in [2.24, 2.45) is 0 Å². The number of halogens is 7.